The topological polar surface area (TPSA) is 72.9 Å². The summed E-state index contributed by atoms with van der Waals surface area (Å²) in [6, 6.07) is 8.52. The van der Waals surface area contributed by atoms with Gasteiger partial charge in [0.05, 0.1) is 6.04 Å². The summed E-state index contributed by atoms with van der Waals surface area (Å²) in [5.41, 5.74) is 1.06. The van der Waals surface area contributed by atoms with Crippen molar-refractivity contribution in [3.8, 4) is 0 Å². The van der Waals surface area contributed by atoms with Crippen LogP contribution in [-0.2, 0) is 4.79 Å². The highest BCUT2D eigenvalue weighted by Gasteiger charge is 2.31. The maximum atomic E-state index is 12.3. The Morgan fingerprint density at radius 3 is 2.57 bits per heavy atom. The van der Waals surface area contributed by atoms with Crippen LogP contribution in [0.3, 0.4) is 0 Å². The molecule has 6 nitrogen and oxygen atoms in total. The molecule has 0 spiro atoms. The molecule has 0 bridgehead atoms. The van der Waals surface area contributed by atoms with E-state index >= 15 is 0 Å². The first kappa shape index (κ1) is 15.3. The number of carbonyl (C=O) groups excluding carboxylic acids is 1. The number of likely N-dealkylation sites (N-methyl/N-ethyl adjacent to an activating group) is 1. The Morgan fingerprint density at radius 1 is 1.29 bits per heavy atom. The average Bonchev–Trinajstić information content (AvgIpc) is 2.47. The number of nitrogens with one attached hydrogen (secondary N) is 1. The lowest BCUT2D eigenvalue weighted by Crippen LogP contribution is -2.54. The number of carboxylic acid groups (broad SMARTS) is 1. The van der Waals surface area contributed by atoms with Crippen LogP contribution in [0, 0.1) is 0 Å². The Bertz CT molecular complexity index is 506. The van der Waals surface area contributed by atoms with Gasteiger partial charge >= 0.3 is 12.0 Å². The molecule has 1 aromatic rings. The molecule has 1 unspecified atom stereocenters. The summed E-state index contributed by atoms with van der Waals surface area (Å²) in [6.45, 7) is 3.55. The van der Waals surface area contributed by atoms with E-state index in [4.69, 9.17) is 5.11 Å². The van der Waals surface area contributed by atoms with Crippen LogP contribution in [0.2, 0.25) is 0 Å². The Kier molecular flexibility index (Phi) is 4.80. The molecule has 0 aliphatic carbocycles. The Balaban J connectivity index is 2.15. The second kappa shape index (κ2) is 6.58. The summed E-state index contributed by atoms with van der Waals surface area (Å²) in [6.07, 6.45) is 0. The number of carbonyl (C=O) groups is 2. The fraction of sp³-hybridized carbons (Fsp3) is 0.467. The number of aliphatic carboxylic acids is 1. The van der Waals surface area contributed by atoms with Crippen molar-refractivity contribution in [2.75, 3.05) is 26.7 Å². The van der Waals surface area contributed by atoms with Crippen LogP contribution in [0.25, 0.3) is 0 Å². The molecule has 0 saturated carbocycles. The molecule has 1 heterocycles. The van der Waals surface area contributed by atoms with Crippen LogP contribution in [0.15, 0.2) is 30.3 Å². The Hall–Kier alpha value is -2.08. The minimum atomic E-state index is -1.03. The van der Waals surface area contributed by atoms with Crippen molar-refractivity contribution in [3.63, 3.8) is 0 Å². The van der Waals surface area contributed by atoms with Gasteiger partial charge in [-0.2, -0.15) is 0 Å². The standard InChI is InChI=1S/C15H21N3O3/c1-11(14(19)20)16-15(21)18-9-8-17(2)10-13(18)12-6-4-3-5-7-12/h3-7,11,13H,8-10H2,1-2H3,(H,16,21)(H,19,20)/t11-,13?/m1/s1. The number of amides is 2. The molecule has 1 fully saturated rings. The van der Waals surface area contributed by atoms with E-state index in [2.05, 4.69) is 10.2 Å². The molecule has 1 aliphatic heterocycles. The third kappa shape index (κ3) is 3.72. The predicted molar refractivity (Wildman–Crippen MR) is 79.0 cm³/mol. The van der Waals surface area contributed by atoms with Crippen molar-refractivity contribution in [2.24, 2.45) is 0 Å². The maximum absolute atomic E-state index is 12.3. The molecule has 2 amide bonds. The predicted octanol–water partition coefficient (Wildman–Crippen LogP) is 1.16. The summed E-state index contributed by atoms with van der Waals surface area (Å²) >= 11 is 0. The molecule has 0 radical (unpaired) electrons. The normalized spacial score (nSPS) is 20.9. The summed E-state index contributed by atoms with van der Waals surface area (Å²) in [7, 11) is 2.02. The van der Waals surface area contributed by atoms with Gasteiger partial charge in [0.1, 0.15) is 6.04 Å². The second-order valence-electron chi connectivity index (χ2n) is 5.39. The molecule has 2 rings (SSSR count). The molecular weight excluding hydrogens is 270 g/mol. The summed E-state index contributed by atoms with van der Waals surface area (Å²) in [4.78, 5) is 27.1. The summed E-state index contributed by atoms with van der Waals surface area (Å²) in [5.74, 6) is -1.03. The van der Waals surface area contributed by atoms with Gasteiger partial charge in [0.2, 0.25) is 0 Å². The minimum Gasteiger partial charge on any atom is -0.480 e. The summed E-state index contributed by atoms with van der Waals surface area (Å²) < 4.78 is 0. The van der Waals surface area contributed by atoms with Crippen LogP contribution >= 0.6 is 0 Å². The molecule has 1 saturated heterocycles. The maximum Gasteiger partial charge on any atom is 0.325 e. The molecule has 1 aromatic carbocycles. The second-order valence-corrected chi connectivity index (χ2v) is 5.39. The zero-order valence-corrected chi connectivity index (χ0v) is 12.3. The number of hydrogen-bond acceptors (Lipinski definition) is 3. The largest absolute Gasteiger partial charge is 0.480 e. The number of carboxylic acids is 1. The van der Waals surface area contributed by atoms with E-state index in [0.717, 1.165) is 18.7 Å². The number of benzene rings is 1. The van der Waals surface area contributed by atoms with Crippen LogP contribution in [0.4, 0.5) is 4.79 Å². The van der Waals surface area contributed by atoms with Crippen LogP contribution in [0.1, 0.15) is 18.5 Å². The molecule has 21 heavy (non-hydrogen) atoms. The molecule has 2 N–H and O–H groups in total. The van der Waals surface area contributed by atoms with E-state index in [1.54, 1.807) is 4.90 Å². The lowest BCUT2D eigenvalue weighted by molar-refractivity contribution is -0.138. The number of hydrogen-bond donors (Lipinski definition) is 2. The number of urea groups is 1. The van der Waals surface area contributed by atoms with Gasteiger partial charge in [0.15, 0.2) is 0 Å². The van der Waals surface area contributed by atoms with E-state index in [-0.39, 0.29) is 12.1 Å². The number of nitrogens with zero attached hydrogens (tertiary/aromatic N) is 2. The third-order valence-electron chi connectivity index (χ3n) is 3.74. The molecule has 0 aromatic heterocycles. The van der Waals surface area contributed by atoms with Crippen molar-refractivity contribution in [3.05, 3.63) is 35.9 Å². The monoisotopic (exact) mass is 291 g/mol. The fourth-order valence-corrected chi connectivity index (χ4v) is 2.45. The number of rotatable bonds is 3. The van der Waals surface area contributed by atoms with Gasteiger partial charge in [0, 0.05) is 19.6 Å². The van der Waals surface area contributed by atoms with Gasteiger partial charge in [-0.1, -0.05) is 30.3 Å². The molecule has 114 valence electrons. The van der Waals surface area contributed by atoms with Crippen molar-refractivity contribution in [1.82, 2.24) is 15.1 Å². The van der Waals surface area contributed by atoms with Gasteiger partial charge in [-0.15, -0.1) is 0 Å². The SMILES string of the molecule is C[C@@H](NC(=O)N1CCN(C)CC1c1ccccc1)C(=O)O. The van der Waals surface area contributed by atoms with E-state index in [9.17, 15) is 9.59 Å². The van der Waals surface area contributed by atoms with Gasteiger partial charge in [-0.05, 0) is 19.5 Å². The summed E-state index contributed by atoms with van der Waals surface area (Å²) in [5, 5.41) is 11.4. The quantitative estimate of drug-likeness (QED) is 0.876. The van der Waals surface area contributed by atoms with Gasteiger partial charge in [-0.25, -0.2) is 4.79 Å². The Morgan fingerprint density at radius 2 is 1.95 bits per heavy atom. The van der Waals surface area contributed by atoms with Gasteiger partial charge in [0.25, 0.3) is 0 Å². The minimum absolute atomic E-state index is 0.0639. The van der Waals surface area contributed by atoms with Crippen molar-refractivity contribution < 1.29 is 14.7 Å². The fourth-order valence-electron chi connectivity index (χ4n) is 2.45. The van der Waals surface area contributed by atoms with Crippen molar-refractivity contribution in [2.45, 2.75) is 19.0 Å². The highest BCUT2D eigenvalue weighted by molar-refractivity contribution is 5.82. The van der Waals surface area contributed by atoms with E-state index < -0.39 is 12.0 Å². The first-order chi connectivity index (χ1) is 9.99. The highest BCUT2D eigenvalue weighted by Crippen LogP contribution is 2.24. The van der Waals surface area contributed by atoms with Gasteiger partial charge in [-0.3, -0.25) is 4.79 Å². The van der Waals surface area contributed by atoms with Gasteiger partial charge < -0.3 is 20.2 Å². The smallest absolute Gasteiger partial charge is 0.325 e. The van der Waals surface area contributed by atoms with Crippen LogP contribution in [0.5, 0.6) is 0 Å². The van der Waals surface area contributed by atoms with Crippen molar-refractivity contribution >= 4 is 12.0 Å². The molecule has 2 atom stereocenters. The zero-order valence-electron chi connectivity index (χ0n) is 12.3. The third-order valence-corrected chi connectivity index (χ3v) is 3.74. The molecule has 1 aliphatic rings. The van der Waals surface area contributed by atoms with E-state index in [0.29, 0.717) is 6.54 Å². The molecular formula is C15H21N3O3. The Labute approximate surface area is 124 Å². The molecule has 6 heteroatoms. The van der Waals surface area contributed by atoms with E-state index in [1.165, 1.54) is 6.92 Å². The average molecular weight is 291 g/mol. The highest BCUT2D eigenvalue weighted by atomic mass is 16.4. The van der Waals surface area contributed by atoms with Crippen LogP contribution in [-0.4, -0.2) is 59.6 Å². The lowest BCUT2D eigenvalue weighted by atomic mass is 10.0. The number of piperazine rings is 1. The van der Waals surface area contributed by atoms with Crippen molar-refractivity contribution in [1.29, 1.82) is 0 Å². The van der Waals surface area contributed by atoms with E-state index in [1.807, 2.05) is 37.4 Å². The zero-order chi connectivity index (χ0) is 15.4. The lowest BCUT2D eigenvalue weighted by Gasteiger charge is -2.40. The first-order valence-electron chi connectivity index (χ1n) is 7.02. The first-order valence-corrected chi connectivity index (χ1v) is 7.02. The van der Waals surface area contributed by atoms with Crippen LogP contribution < -0.4 is 5.32 Å².